The maximum absolute atomic E-state index is 6.16. The fraction of sp³-hybridized carbons (Fsp3) is 0.500. The first-order chi connectivity index (χ1) is 9.40. The van der Waals surface area contributed by atoms with E-state index in [1.807, 2.05) is 34.6 Å². The lowest BCUT2D eigenvalue weighted by atomic mass is 10.2. The molecule has 2 aromatic rings. The number of nitrogens with zero attached hydrogens (tertiary/aromatic N) is 3. The highest BCUT2D eigenvalue weighted by atomic mass is 35.5. The van der Waals surface area contributed by atoms with Gasteiger partial charge in [0.25, 0.3) is 0 Å². The lowest BCUT2D eigenvalue weighted by Crippen LogP contribution is -2.09. The van der Waals surface area contributed by atoms with Gasteiger partial charge in [-0.25, -0.2) is 9.97 Å². The number of nitrogens with one attached hydrogen (secondary N) is 1. The standard InChI is InChI=1S/C14H19ClN4O/c1-7(2)13-17-12(15)8(3)14(18-13)16-6-11-9(4)19-20-10(11)5/h7H,6H2,1-5H3,(H,16,17,18). The quantitative estimate of drug-likeness (QED) is 0.869. The SMILES string of the molecule is Cc1noc(C)c1CNc1nc(C(C)C)nc(Cl)c1C. The molecule has 0 saturated carbocycles. The maximum Gasteiger partial charge on any atom is 0.138 e. The van der Waals surface area contributed by atoms with Crippen molar-refractivity contribution in [2.75, 3.05) is 5.32 Å². The molecule has 2 heterocycles. The summed E-state index contributed by atoms with van der Waals surface area (Å²) in [5, 5.41) is 7.73. The minimum absolute atomic E-state index is 0.229. The van der Waals surface area contributed by atoms with E-state index in [1.165, 1.54) is 0 Å². The van der Waals surface area contributed by atoms with Crippen LogP contribution in [0.25, 0.3) is 0 Å². The van der Waals surface area contributed by atoms with Gasteiger partial charge >= 0.3 is 0 Å². The first-order valence-corrected chi connectivity index (χ1v) is 6.97. The molecular formula is C14H19ClN4O. The Morgan fingerprint density at radius 2 is 1.90 bits per heavy atom. The zero-order valence-electron chi connectivity index (χ0n) is 12.4. The third-order valence-corrected chi connectivity index (χ3v) is 3.60. The summed E-state index contributed by atoms with van der Waals surface area (Å²) >= 11 is 6.16. The first kappa shape index (κ1) is 14.8. The van der Waals surface area contributed by atoms with Crippen LogP contribution in [0, 0.1) is 20.8 Å². The van der Waals surface area contributed by atoms with Crippen molar-refractivity contribution in [2.45, 2.75) is 47.1 Å². The summed E-state index contributed by atoms with van der Waals surface area (Å²) < 4.78 is 5.15. The predicted octanol–water partition coefficient (Wildman–Crippen LogP) is 3.78. The van der Waals surface area contributed by atoms with Crippen molar-refractivity contribution in [3.05, 3.63) is 33.6 Å². The number of rotatable bonds is 4. The van der Waals surface area contributed by atoms with Gasteiger partial charge in [-0.1, -0.05) is 30.6 Å². The van der Waals surface area contributed by atoms with Gasteiger partial charge in [-0.2, -0.15) is 0 Å². The fourth-order valence-electron chi connectivity index (χ4n) is 1.86. The molecule has 0 aromatic carbocycles. The molecule has 0 fully saturated rings. The number of anilines is 1. The first-order valence-electron chi connectivity index (χ1n) is 6.59. The van der Waals surface area contributed by atoms with Gasteiger partial charge in [0, 0.05) is 23.6 Å². The summed E-state index contributed by atoms with van der Waals surface area (Å²) in [7, 11) is 0. The van der Waals surface area contributed by atoms with Crippen molar-refractivity contribution in [1.29, 1.82) is 0 Å². The smallest absolute Gasteiger partial charge is 0.138 e. The van der Waals surface area contributed by atoms with E-state index in [4.69, 9.17) is 16.1 Å². The minimum atomic E-state index is 0.229. The molecule has 0 saturated heterocycles. The molecule has 6 heteroatoms. The molecule has 0 bridgehead atoms. The Kier molecular flexibility index (Phi) is 4.28. The second-order valence-corrected chi connectivity index (χ2v) is 5.52. The molecule has 20 heavy (non-hydrogen) atoms. The van der Waals surface area contributed by atoms with Gasteiger partial charge in [0.15, 0.2) is 0 Å². The molecule has 0 atom stereocenters. The van der Waals surface area contributed by atoms with Crippen molar-refractivity contribution in [3.8, 4) is 0 Å². The Labute approximate surface area is 123 Å². The molecule has 5 nitrogen and oxygen atoms in total. The molecule has 0 aliphatic carbocycles. The van der Waals surface area contributed by atoms with Crippen molar-refractivity contribution >= 4 is 17.4 Å². The summed E-state index contributed by atoms with van der Waals surface area (Å²) in [4.78, 5) is 8.83. The lowest BCUT2D eigenvalue weighted by molar-refractivity contribution is 0.392. The van der Waals surface area contributed by atoms with Gasteiger partial charge in [0.2, 0.25) is 0 Å². The van der Waals surface area contributed by atoms with Crippen LogP contribution in [0.4, 0.5) is 5.82 Å². The number of aromatic nitrogens is 3. The average molecular weight is 295 g/mol. The van der Waals surface area contributed by atoms with E-state index in [0.29, 0.717) is 11.7 Å². The molecular weight excluding hydrogens is 276 g/mol. The summed E-state index contributed by atoms with van der Waals surface area (Å²) in [6.45, 7) is 10.4. The van der Waals surface area contributed by atoms with E-state index in [-0.39, 0.29) is 5.92 Å². The molecule has 108 valence electrons. The van der Waals surface area contributed by atoms with Gasteiger partial charge in [-0.3, -0.25) is 0 Å². The number of halogens is 1. The molecule has 1 N–H and O–H groups in total. The number of aryl methyl sites for hydroxylation is 2. The normalized spacial score (nSPS) is 11.2. The zero-order chi connectivity index (χ0) is 14.9. The monoisotopic (exact) mass is 294 g/mol. The lowest BCUT2D eigenvalue weighted by Gasteiger charge is -2.12. The second kappa shape index (κ2) is 5.79. The molecule has 0 aliphatic heterocycles. The highest BCUT2D eigenvalue weighted by Gasteiger charge is 2.13. The second-order valence-electron chi connectivity index (χ2n) is 5.16. The average Bonchev–Trinajstić information content (AvgIpc) is 2.70. The van der Waals surface area contributed by atoms with Crippen molar-refractivity contribution in [3.63, 3.8) is 0 Å². The number of hydrogen-bond acceptors (Lipinski definition) is 5. The van der Waals surface area contributed by atoms with Crippen LogP contribution in [0.5, 0.6) is 0 Å². The van der Waals surface area contributed by atoms with Crippen LogP contribution in [-0.2, 0) is 6.54 Å². The van der Waals surface area contributed by atoms with Crippen LogP contribution in [0.15, 0.2) is 4.52 Å². The van der Waals surface area contributed by atoms with E-state index in [9.17, 15) is 0 Å². The van der Waals surface area contributed by atoms with Crippen molar-refractivity contribution in [2.24, 2.45) is 0 Å². The van der Waals surface area contributed by atoms with Gasteiger partial charge in [-0.05, 0) is 20.8 Å². The van der Waals surface area contributed by atoms with E-state index in [2.05, 4.69) is 20.4 Å². The molecule has 0 aliphatic rings. The third kappa shape index (κ3) is 2.93. The van der Waals surface area contributed by atoms with Crippen LogP contribution < -0.4 is 5.32 Å². The highest BCUT2D eigenvalue weighted by molar-refractivity contribution is 6.30. The molecule has 0 unspecified atom stereocenters. The van der Waals surface area contributed by atoms with Crippen LogP contribution in [0.2, 0.25) is 5.15 Å². The molecule has 2 aromatic heterocycles. The van der Waals surface area contributed by atoms with Crippen LogP contribution in [0.3, 0.4) is 0 Å². The Bertz CT molecular complexity index is 602. The summed E-state index contributed by atoms with van der Waals surface area (Å²) in [5.74, 6) is 2.54. The molecule has 2 rings (SSSR count). The van der Waals surface area contributed by atoms with Gasteiger partial charge in [0.1, 0.15) is 22.6 Å². The largest absolute Gasteiger partial charge is 0.365 e. The van der Waals surface area contributed by atoms with Crippen molar-refractivity contribution in [1.82, 2.24) is 15.1 Å². The van der Waals surface area contributed by atoms with E-state index >= 15 is 0 Å². The van der Waals surface area contributed by atoms with Gasteiger partial charge < -0.3 is 9.84 Å². The Morgan fingerprint density at radius 1 is 1.20 bits per heavy atom. The van der Waals surface area contributed by atoms with Crippen LogP contribution in [-0.4, -0.2) is 15.1 Å². The molecule has 0 amide bonds. The summed E-state index contributed by atoms with van der Waals surface area (Å²) in [5.41, 5.74) is 2.78. The zero-order valence-corrected chi connectivity index (χ0v) is 13.2. The molecule has 0 radical (unpaired) electrons. The third-order valence-electron chi connectivity index (χ3n) is 3.23. The number of hydrogen-bond donors (Lipinski definition) is 1. The minimum Gasteiger partial charge on any atom is -0.365 e. The van der Waals surface area contributed by atoms with E-state index < -0.39 is 0 Å². The fourth-order valence-corrected chi connectivity index (χ4v) is 2.04. The topological polar surface area (TPSA) is 63.8 Å². The van der Waals surface area contributed by atoms with Gasteiger partial charge in [0.05, 0.1) is 5.69 Å². The Hall–Kier alpha value is -1.62. The Balaban J connectivity index is 2.25. The van der Waals surface area contributed by atoms with Crippen LogP contribution >= 0.6 is 11.6 Å². The van der Waals surface area contributed by atoms with E-state index in [0.717, 1.165) is 34.2 Å². The van der Waals surface area contributed by atoms with Crippen molar-refractivity contribution < 1.29 is 4.52 Å². The Morgan fingerprint density at radius 3 is 2.45 bits per heavy atom. The highest BCUT2D eigenvalue weighted by Crippen LogP contribution is 2.24. The van der Waals surface area contributed by atoms with Gasteiger partial charge in [-0.15, -0.1) is 0 Å². The summed E-state index contributed by atoms with van der Waals surface area (Å²) in [6, 6.07) is 0. The summed E-state index contributed by atoms with van der Waals surface area (Å²) in [6.07, 6.45) is 0. The van der Waals surface area contributed by atoms with Crippen LogP contribution in [0.1, 0.15) is 48.2 Å². The van der Waals surface area contributed by atoms with E-state index in [1.54, 1.807) is 0 Å². The maximum atomic E-state index is 6.16. The molecule has 0 spiro atoms. The predicted molar refractivity (Wildman–Crippen MR) is 79.2 cm³/mol.